The van der Waals surface area contributed by atoms with Crippen LogP contribution in [0.3, 0.4) is 0 Å². The van der Waals surface area contributed by atoms with E-state index in [1.807, 2.05) is 0 Å². The number of aliphatic hydroxyl groups is 2. The Balaban J connectivity index is 1.21. The maximum absolute atomic E-state index is 15.6. The molecule has 2 bridgehead atoms. The molecule has 0 aromatic heterocycles. The van der Waals surface area contributed by atoms with Gasteiger partial charge >= 0.3 is 23.9 Å². The zero-order valence-corrected chi connectivity index (χ0v) is 51.6. The molecule has 0 radical (unpaired) electrons. The van der Waals surface area contributed by atoms with Crippen LogP contribution >= 0.6 is 35.7 Å². The van der Waals surface area contributed by atoms with Crippen LogP contribution in [0.25, 0.3) is 0 Å². The highest BCUT2D eigenvalue weighted by molar-refractivity contribution is 8.47. The van der Waals surface area contributed by atoms with Crippen LogP contribution in [-0.4, -0.2) is 108 Å². The number of rotatable bonds is 25. The van der Waals surface area contributed by atoms with Crippen molar-refractivity contribution in [2.45, 2.75) is 198 Å². The number of unbranched alkanes of at least 4 members (excludes halogenated alkanes) is 9. The van der Waals surface area contributed by atoms with Gasteiger partial charge in [-0.3, -0.25) is 19.2 Å². The van der Waals surface area contributed by atoms with E-state index in [1.54, 1.807) is 120 Å². The predicted octanol–water partition coefficient (Wildman–Crippen LogP) is 11.7. The first-order valence-corrected chi connectivity index (χ1v) is 31.5. The van der Waals surface area contributed by atoms with Crippen LogP contribution in [0.1, 0.15) is 178 Å². The van der Waals surface area contributed by atoms with Gasteiger partial charge in [-0.15, -0.1) is 11.8 Å². The monoisotopic (exact) mass is 1190 g/mol. The van der Waals surface area contributed by atoms with E-state index in [-0.39, 0.29) is 37.0 Å². The SMILES string of the molecule is CCCCCCCCCCCCSC(=S)SC(C)(C#N)CCC(=O)O[C@@H](C(=O)O[C@H]1C[C@@]2(O)[C@@H](OC(=O)c3ccccc3)[C@@H]3[C@]4(OC(C)=O)CO[C@@H]4C[C@H](O)[C@@]3(C)C(=O)[C@H](C)C(=C1C)C2(C)C)[C@@H](NC(=O)c1ccccc1)c1ccccc1. The van der Waals surface area contributed by atoms with Crippen molar-refractivity contribution in [3.05, 3.63) is 119 Å². The molecule has 0 spiro atoms. The topological polar surface area (TPSA) is 225 Å². The highest BCUT2D eigenvalue weighted by Crippen LogP contribution is 2.65. The Morgan fingerprint density at radius 1 is 0.880 bits per heavy atom. The number of aliphatic hydroxyl groups excluding tert-OH is 1. The molecule has 3 fully saturated rings. The molecule has 1 amide bonds. The number of hydrogen-bond donors (Lipinski definition) is 3. The lowest BCUT2D eigenvalue weighted by atomic mass is 9.43. The van der Waals surface area contributed by atoms with Gasteiger partial charge < -0.3 is 39.2 Å². The minimum absolute atomic E-state index is 0.0133. The Morgan fingerprint density at radius 3 is 2.02 bits per heavy atom. The molecule has 7 rings (SSSR count). The van der Waals surface area contributed by atoms with Gasteiger partial charge in [0.25, 0.3) is 5.91 Å². The lowest BCUT2D eigenvalue weighted by Gasteiger charge is -2.67. The van der Waals surface area contributed by atoms with Gasteiger partial charge in [0.1, 0.15) is 44.0 Å². The normalized spacial score (nSPS) is 27.5. The fraction of sp³-hybridized carbons (Fsp3) is 0.569. The summed E-state index contributed by atoms with van der Waals surface area (Å²) in [5.74, 6) is -6.45. The second kappa shape index (κ2) is 28.2. The first-order valence-electron chi connectivity index (χ1n) is 29.3. The zero-order chi connectivity index (χ0) is 60.3. The third kappa shape index (κ3) is 14.3. The van der Waals surface area contributed by atoms with Gasteiger partial charge in [-0.25, -0.2) is 9.59 Å². The van der Waals surface area contributed by atoms with Crippen molar-refractivity contribution in [3.8, 4) is 6.07 Å². The Kier molecular flexibility index (Phi) is 22.1. The second-order valence-electron chi connectivity index (χ2n) is 23.8. The molecular formula is C65H82N2O13S3. The summed E-state index contributed by atoms with van der Waals surface area (Å²) in [4.78, 5) is 87.5. The van der Waals surface area contributed by atoms with Crippen LogP contribution in [0, 0.1) is 34.0 Å². The largest absolute Gasteiger partial charge is 0.455 e. The smallest absolute Gasteiger partial charge is 0.350 e. The van der Waals surface area contributed by atoms with Crippen molar-refractivity contribution < 1.29 is 62.7 Å². The molecule has 4 aliphatic rings. The molecular weight excluding hydrogens is 1110 g/mol. The standard InChI is InChI=1S/C65H82N2O13S3/c1-9-10-11-12-13-14-15-16-17-27-36-82-60(81)83-62(7,39-66)35-34-50(70)78-53(52(44-28-21-18-22-29-44)67-57(72)45-30-23-19-24-31-45)59(74)77-47-38-65(75)56(79-58(73)46-32-25-20-26-33-46)54-63(8,55(71)42(3)51(41(47)2)61(65,5)6)48(69)37-49-64(54,40-76-49)80-43(4)68/h18-26,28-33,42,47-49,52-54,56,69,75H,9-17,27,34-38,40H2,1-8H3,(H,67,72)/t42-,47+,48+,49-,52+,53-,54+,56+,62?,63-,64+,65-/m1/s1. The van der Waals surface area contributed by atoms with Gasteiger partial charge in [-0.2, -0.15) is 5.26 Å². The molecule has 448 valence electrons. The Hall–Kier alpha value is -5.42. The Bertz CT molecular complexity index is 2880. The molecule has 3 aromatic carbocycles. The number of nitriles is 1. The number of carbonyl (C=O) groups is 6. The van der Waals surface area contributed by atoms with Gasteiger partial charge in [0.2, 0.25) is 6.10 Å². The van der Waals surface area contributed by atoms with Crippen LogP contribution in [-0.2, 0) is 42.9 Å². The molecule has 1 unspecified atom stereocenters. The number of carbonyl (C=O) groups excluding carboxylic acids is 6. The van der Waals surface area contributed by atoms with E-state index < -0.39 is 117 Å². The number of benzene rings is 3. The van der Waals surface area contributed by atoms with Crippen molar-refractivity contribution in [1.29, 1.82) is 5.26 Å². The van der Waals surface area contributed by atoms with E-state index in [9.17, 15) is 34.7 Å². The summed E-state index contributed by atoms with van der Waals surface area (Å²) in [7, 11) is 0. The van der Waals surface area contributed by atoms with Crippen LogP contribution in [0.2, 0.25) is 0 Å². The lowest BCUT2D eigenvalue weighted by molar-refractivity contribution is -0.345. The Morgan fingerprint density at radius 2 is 1.46 bits per heavy atom. The number of ether oxygens (including phenoxy) is 5. The number of Topliss-reactive ketones (excluding diaryl/α,β-unsaturated/α-hetero) is 1. The highest BCUT2D eigenvalue weighted by atomic mass is 32.2. The van der Waals surface area contributed by atoms with Crippen molar-refractivity contribution in [2.75, 3.05) is 12.4 Å². The van der Waals surface area contributed by atoms with Gasteiger partial charge in [0, 0.05) is 43.1 Å². The average molecular weight is 1200 g/mol. The van der Waals surface area contributed by atoms with Crippen LogP contribution in [0.15, 0.2) is 102 Å². The van der Waals surface area contributed by atoms with Gasteiger partial charge in [-0.05, 0) is 80.3 Å². The fourth-order valence-corrected chi connectivity index (χ4v) is 16.1. The third-order valence-electron chi connectivity index (χ3n) is 17.8. The van der Waals surface area contributed by atoms with Crippen molar-refractivity contribution in [1.82, 2.24) is 5.32 Å². The summed E-state index contributed by atoms with van der Waals surface area (Å²) in [5.41, 5.74) is -5.85. The number of ketones is 1. The van der Waals surface area contributed by atoms with Crippen molar-refractivity contribution in [2.24, 2.45) is 22.7 Å². The number of esters is 4. The molecule has 2 saturated carbocycles. The summed E-state index contributed by atoms with van der Waals surface area (Å²) in [5, 5.41) is 39.7. The third-order valence-corrected chi connectivity index (χ3v) is 20.7. The van der Waals surface area contributed by atoms with Crippen molar-refractivity contribution in [3.63, 3.8) is 0 Å². The number of thiocarbonyl (C=S) groups is 1. The number of hydrogen-bond acceptors (Lipinski definition) is 17. The summed E-state index contributed by atoms with van der Waals surface area (Å²) in [6, 6.07) is 25.7. The lowest BCUT2D eigenvalue weighted by Crippen LogP contribution is -2.81. The van der Waals surface area contributed by atoms with E-state index in [0.29, 0.717) is 20.2 Å². The summed E-state index contributed by atoms with van der Waals surface area (Å²) >= 11 is 8.45. The van der Waals surface area contributed by atoms with Crippen LogP contribution in [0.4, 0.5) is 0 Å². The quantitative estimate of drug-likeness (QED) is 0.0236. The number of fused-ring (bicyclic) bond motifs is 5. The van der Waals surface area contributed by atoms with E-state index in [0.717, 1.165) is 25.0 Å². The van der Waals surface area contributed by atoms with E-state index in [4.69, 9.17) is 35.9 Å². The molecule has 83 heavy (non-hydrogen) atoms. The Labute approximate surface area is 503 Å². The molecule has 3 aliphatic carbocycles. The minimum atomic E-state index is -2.29. The first kappa shape index (κ1) is 65.1. The maximum Gasteiger partial charge on any atom is 0.350 e. The molecule has 18 heteroatoms. The van der Waals surface area contributed by atoms with Crippen molar-refractivity contribution >= 4 is 74.8 Å². The number of nitrogens with zero attached hydrogens (tertiary/aromatic N) is 1. The molecule has 3 N–H and O–H groups in total. The zero-order valence-electron chi connectivity index (χ0n) is 49.1. The van der Waals surface area contributed by atoms with Crippen LogP contribution in [0.5, 0.6) is 0 Å². The van der Waals surface area contributed by atoms with Gasteiger partial charge in [-0.1, -0.05) is 176 Å². The fourth-order valence-electron chi connectivity index (χ4n) is 13.2. The summed E-state index contributed by atoms with van der Waals surface area (Å²) in [6.07, 6.45) is 3.69. The van der Waals surface area contributed by atoms with Gasteiger partial charge in [0.05, 0.1) is 35.7 Å². The number of nitrogens with one attached hydrogen (secondary N) is 1. The summed E-state index contributed by atoms with van der Waals surface area (Å²) in [6.45, 7) is 13.2. The molecule has 1 heterocycles. The molecule has 1 saturated heterocycles. The highest BCUT2D eigenvalue weighted by Gasteiger charge is 2.77. The molecule has 3 aromatic rings. The maximum atomic E-state index is 15.6. The second-order valence-corrected chi connectivity index (χ2v) is 27.6. The molecule has 12 atom stereocenters. The van der Waals surface area contributed by atoms with Crippen LogP contribution < -0.4 is 5.32 Å². The average Bonchev–Trinajstić information content (AvgIpc) is 0.716. The summed E-state index contributed by atoms with van der Waals surface area (Å²) < 4.78 is 30.9. The van der Waals surface area contributed by atoms with E-state index >= 15 is 9.59 Å². The molecule has 15 nitrogen and oxygen atoms in total. The molecule has 1 aliphatic heterocycles. The number of amides is 1. The van der Waals surface area contributed by atoms with E-state index in [2.05, 4.69) is 18.3 Å². The van der Waals surface area contributed by atoms with Gasteiger partial charge in [0.15, 0.2) is 5.60 Å². The van der Waals surface area contributed by atoms with E-state index in [1.165, 1.54) is 87.5 Å². The minimum Gasteiger partial charge on any atom is -0.455 e. The predicted molar refractivity (Wildman–Crippen MR) is 323 cm³/mol. The number of thioether (sulfide) groups is 2. The first-order chi connectivity index (χ1) is 39.5.